The van der Waals surface area contributed by atoms with Gasteiger partial charge in [0.25, 0.3) is 5.91 Å². The molecule has 2 saturated heterocycles. The van der Waals surface area contributed by atoms with E-state index >= 15 is 0 Å². The van der Waals surface area contributed by atoms with E-state index in [-0.39, 0.29) is 5.91 Å². The van der Waals surface area contributed by atoms with Crippen LogP contribution in [0.3, 0.4) is 0 Å². The number of hydrogen-bond acceptors (Lipinski definition) is 10. The molecule has 0 radical (unpaired) electrons. The minimum absolute atomic E-state index is 0.197. The minimum Gasteiger partial charge on any atom is -0.494 e. The van der Waals surface area contributed by atoms with E-state index in [1.807, 2.05) is 30.3 Å². The largest absolute Gasteiger partial charge is 0.494 e. The molecule has 5 rings (SSSR count). The van der Waals surface area contributed by atoms with Crippen LogP contribution in [0.2, 0.25) is 5.02 Å². The Hall–Kier alpha value is -3.80. The van der Waals surface area contributed by atoms with Gasteiger partial charge in [0.1, 0.15) is 10.8 Å². The number of benzene rings is 2. The van der Waals surface area contributed by atoms with Crippen molar-refractivity contribution in [2.75, 3.05) is 95.0 Å². The van der Waals surface area contributed by atoms with Crippen LogP contribution in [0.5, 0.6) is 5.75 Å². The molecule has 0 aliphatic carbocycles. The second kappa shape index (κ2) is 13.0. The number of hydrogen-bond donors (Lipinski definition) is 3. The molecule has 1 aromatic heterocycles. The molecule has 0 bridgehead atoms. The molecule has 2 aromatic carbocycles. The third-order valence-corrected chi connectivity index (χ3v) is 8.31. The number of halogens is 1. The zero-order valence-corrected chi connectivity index (χ0v) is 25.7. The molecule has 0 saturated carbocycles. The highest BCUT2D eigenvalue weighted by atomic mass is 35.5. The molecular weight excluding hydrogens is 554 g/mol. The number of anilines is 6. The summed E-state index contributed by atoms with van der Waals surface area (Å²) in [7, 11) is 9.64. The molecule has 3 heterocycles. The van der Waals surface area contributed by atoms with Gasteiger partial charge in [0, 0.05) is 69.8 Å². The smallest absolute Gasteiger partial charge is 0.253 e. The van der Waals surface area contributed by atoms with E-state index in [0.717, 1.165) is 62.8 Å². The quantitative estimate of drug-likeness (QED) is 0.339. The maximum absolute atomic E-state index is 12.9. The van der Waals surface area contributed by atoms with Gasteiger partial charge in [-0.3, -0.25) is 4.79 Å². The molecular formula is C30H40ClN9O2. The molecule has 2 fully saturated rings. The van der Waals surface area contributed by atoms with E-state index in [4.69, 9.17) is 16.3 Å². The predicted molar refractivity (Wildman–Crippen MR) is 170 cm³/mol. The number of methoxy groups -OCH3 is 1. The maximum atomic E-state index is 12.9. The van der Waals surface area contributed by atoms with Gasteiger partial charge in [0.2, 0.25) is 5.95 Å². The van der Waals surface area contributed by atoms with Crippen LogP contribution < -0.4 is 30.5 Å². The van der Waals surface area contributed by atoms with Gasteiger partial charge in [-0.15, -0.1) is 0 Å². The van der Waals surface area contributed by atoms with E-state index in [1.54, 1.807) is 14.2 Å². The zero-order valence-electron chi connectivity index (χ0n) is 24.9. The maximum Gasteiger partial charge on any atom is 0.253 e. The van der Waals surface area contributed by atoms with Gasteiger partial charge >= 0.3 is 0 Å². The molecule has 2 aliphatic rings. The number of nitrogens with zero attached hydrogens (tertiary/aromatic N) is 6. The van der Waals surface area contributed by atoms with Crippen molar-refractivity contribution in [1.29, 1.82) is 0 Å². The first-order chi connectivity index (χ1) is 20.2. The number of carbonyl (C=O) groups excluding carboxylic acids is 1. The second-order valence-corrected chi connectivity index (χ2v) is 11.4. The molecule has 224 valence electrons. The van der Waals surface area contributed by atoms with E-state index in [1.165, 1.54) is 6.20 Å². The van der Waals surface area contributed by atoms with Crippen molar-refractivity contribution < 1.29 is 9.53 Å². The number of carbonyl (C=O) groups is 1. The number of piperazine rings is 1. The highest BCUT2D eigenvalue weighted by Crippen LogP contribution is 2.34. The molecule has 3 aromatic rings. The van der Waals surface area contributed by atoms with Crippen LogP contribution in [0.15, 0.2) is 42.6 Å². The van der Waals surface area contributed by atoms with Crippen LogP contribution >= 0.6 is 11.6 Å². The van der Waals surface area contributed by atoms with Gasteiger partial charge in [0.05, 0.1) is 30.2 Å². The summed E-state index contributed by atoms with van der Waals surface area (Å²) in [6.45, 7) is 5.74. The Kier molecular flexibility index (Phi) is 9.20. The van der Waals surface area contributed by atoms with Crippen molar-refractivity contribution in [2.24, 2.45) is 0 Å². The lowest BCUT2D eigenvalue weighted by Crippen LogP contribution is -2.44. The number of aromatic nitrogens is 2. The van der Waals surface area contributed by atoms with Crippen molar-refractivity contribution in [3.8, 4) is 5.75 Å². The van der Waals surface area contributed by atoms with Gasteiger partial charge < -0.3 is 40.3 Å². The third-order valence-electron chi connectivity index (χ3n) is 8.03. The summed E-state index contributed by atoms with van der Waals surface area (Å²) in [5.41, 5.74) is 3.96. The number of ether oxygens (including phenoxy) is 1. The van der Waals surface area contributed by atoms with Gasteiger partial charge in [-0.2, -0.15) is 4.98 Å². The predicted octanol–water partition coefficient (Wildman–Crippen LogP) is 3.88. The van der Waals surface area contributed by atoms with Crippen molar-refractivity contribution in [1.82, 2.24) is 25.1 Å². The molecule has 1 amide bonds. The molecule has 3 N–H and O–H groups in total. The molecule has 1 atom stereocenters. The Morgan fingerprint density at radius 3 is 2.38 bits per heavy atom. The lowest BCUT2D eigenvalue weighted by molar-refractivity contribution is 0.0964. The van der Waals surface area contributed by atoms with E-state index < -0.39 is 0 Å². The van der Waals surface area contributed by atoms with Crippen molar-refractivity contribution in [3.05, 3.63) is 53.2 Å². The fourth-order valence-corrected chi connectivity index (χ4v) is 5.50. The molecule has 12 heteroatoms. The van der Waals surface area contributed by atoms with Gasteiger partial charge in [-0.1, -0.05) is 11.6 Å². The molecule has 42 heavy (non-hydrogen) atoms. The van der Waals surface area contributed by atoms with Crippen LogP contribution in [0.4, 0.5) is 34.5 Å². The topological polar surface area (TPSA) is 101 Å². The summed E-state index contributed by atoms with van der Waals surface area (Å²) in [6, 6.07) is 12.4. The average Bonchev–Trinajstić information content (AvgIpc) is 3.50. The molecule has 0 unspecified atom stereocenters. The normalized spacial score (nSPS) is 17.5. The molecule has 0 spiro atoms. The lowest BCUT2D eigenvalue weighted by atomic mass is 10.1. The van der Waals surface area contributed by atoms with Crippen molar-refractivity contribution in [2.45, 2.75) is 12.5 Å². The van der Waals surface area contributed by atoms with Crippen molar-refractivity contribution in [3.63, 3.8) is 0 Å². The van der Waals surface area contributed by atoms with Gasteiger partial charge in [0.15, 0.2) is 5.82 Å². The summed E-state index contributed by atoms with van der Waals surface area (Å²) in [5, 5.41) is 9.60. The summed E-state index contributed by atoms with van der Waals surface area (Å²) in [4.78, 5) is 31.1. The van der Waals surface area contributed by atoms with Crippen LogP contribution in [-0.4, -0.2) is 106 Å². The van der Waals surface area contributed by atoms with Crippen molar-refractivity contribution >= 4 is 52.0 Å². The standard InChI is InChI=1S/C30H40ClN9O2/c1-32-29(41)23-16-20(39-14-12-38(4)13-15-39)6-8-25(23)34-28-24(31)18-33-30(36-28)35-26-9-7-21(17-27(26)42-5)40-11-10-22(19-40)37(2)3/h6-9,16-18,22H,10-15,19H2,1-5H3,(H,32,41)(H2,33,34,35,36)/t22-/m0/s1. The summed E-state index contributed by atoms with van der Waals surface area (Å²) in [6.07, 6.45) is 2.66. The van der Waals surface area contributed by atoms with Crippen LogP contribution in [0.25, 0.3) is 0 Å². The SMILES string of the molecule is CNC(=O)c1cc(N2CCN(C)CC2)ccc1Nc1nc(Nc2ccc(N3CC[C@H](N(C)C)C3)cc2OC)ncc1Cl. The lowest BCUT2D eigenvalue weighted by Gasteiger charge is -2.34. The van der Waals surface area contributed by atoms with Gasteiger partial charge in [-0.25, -0.2) is 4.98 Å². The molecule has 2 aliphatic heterocycles. The summed E-state index contributed by atoms with van der Waals surface area (Å²) in [5.74, 6) is 1.22. The highest BCUT2D eigenvalue weighted by Gasteiger charge is 2.25. The first-order valence-corrected chi connectivity index (χ1v) is 14.6. The van der Waals surface area contributed by atoms with E-state index in [2.05, 4.69) is 72.7 Å². The first-order valence-electron chi connectivity index (χ1n) is 14.2. The minimum atomic E-state index is -0.197. The summed E-state index contributed by atoms with van der Waals surface area (Å²) >= 11 is 6.51. The van der Waals surface area contributed by atoms with Crippen LogP contribution in [0, 0.1) is 0 Å². The van der Waals surface area contributed by atoms with E-state index in [0.29, 0.717) is 39.8 Å². The zero-order chi connectivity index (χ0) is 29.8. The first kappa shape index (κ1) is 29.7. The second-order valence-electron chi connectivity index (χ2n) is 11.0. The van der Waals surface area contributed by atoms with Gasteiger partial charge in [-0.05, 0) is 57.9 Å². The van der Waals surface area contributed by atoms with E-state index in [9.17, 15) is 4.79 Å². The Balaban J connectivity index is 1.35. The third kappa shape index (κ3) is 6.64. The number of amides is 1. The highest BCUT2D eigenvalue weighted by molar-refractivity contribution is 6.33. The van der Waals surface area contributed by atoms with Crippen LogP contribution in [-0.2, 0) is 0 Å². The number of nitrogens with one attached hydrogen (secondary N) is 3. The number of rotatable bonds is 9. The number of likely N-dealkylation sites (N-methyl/N-ethyl adjacent to an activating group) is 2. The Morgan fingerprint density at radius 1 is 1.00 bits per heavy atom. The molecule has 11 nitrogen and oxygen atoms in total. The Labute approximate surface area is 252 Å². The fourth-order valence-electron chi connectivity index (χ4n) is 5.37. The van der Waals surface area contributed by atoms with Crippen LogP contribution in [0.1, 0.15) is 16.8 Å². The Morgan fingerprint density at radius 2 is 1.71 bits per heavy atom. The monoisotopic (exact) mass is 593 g/mol. The fraction of sp³-hybridized carbons (Fsp3) is 0.433. The average molecular weight is 594 g/mol. The summed E-state index contributed by atoms with van der Waals surface area (Å²) < 4.78 is 5.72. The Bertz CT molecular complexity index is 1410.